The van der Waals surface area contributed by atoms with Gasteiger partial charge in [0.25, 0.3) is 0 Å². The van der Waals surface area contributed by atoms with Gasteiger partial charge in [-0.2, -0.15) is 4.98 Å². The molecule has 1 aliphatic heterocycles. The smallest absolute Gasteiger partial charge is 0.223 e. The Labute approximate surface area is 341 Å². The van der Waals surface area contributed by atoms with Gasteiger partial charge in [0, 0.05) is 0 Å². The summed E-state index contributed by atoms with van der Waals surface area (Å²) in [7, 11) is 0. The van der Waals surface area contributed by atoms with E-state index in [0.29, 0.717) is 5.52 Å². The van der Waals surface area contributed by atoms with Crippen LogP contribution in [0.1, 0.15) is 39.6 Å². The highest BCUT2D eigenvalue weighted by molar-refractivity contribution is 7.80. The highest BCUT2D eigenvalue weighted by Crippen LogP contribution is 2.47. The Morgan fingerprint density at radius 1 is 0.603 bits per heavy atom. The number of halogens is 1. The molecule has 9 rings (SSSR count). The number of thiol groups is 1. The number of nitrogen functional groups attached to an aromatic ring is 1. The molecule has 0 amide bonds. The molecule has 1 fully saturated rings. The third-order valence-electron chi connectivity index (χ3n) is 10.8. The highest BCUT2D eigenvalue weighted by atomic mass is 32.1. The molecule has 288 valence electrons. The van der Waals surface area contributed by atoms with Crippen molar-refractivity contribution in [3.63, 3.8) is 0 Å². The highest BCUT2D eigenvalue weighted by Gasteiger charge is 2.53. The van der Waals surface area contributed by atoms with E-state index >= 15 is 4.39 Å². The van der Waals surface area contributed by atoms with Gasteiger partial charge in [0.05, 0.1) is 12.9 Å². The lowest BCUT2D eigenvalue weighted by Crippen LogP contribution is -2.45. The van der Waals surface area contributed by atoms with Crippen molar-refractivity contribution in [2.24, 2.45) is 0 Å². The van der Waals surface area contributed by atoms with Crippen molar-refractivity contribution in [3.05, 3.63) is 222 Å². The van der Waals surface area contributed by atoms with Gasteiger partial charge >= 0.3 is 0 Å². The van der Waals surface area contributed by atoms with E-state index in [1.807, 2.05) is 182 Å². The van der Waals surface area contributed by atoms with E-state index in [9.17, 15) is 0 Å². The quantitative estimate of drug-likeness (QED) is 0.0724. The molecule has 4 atom stereocenters. The summed E-state index contributed by atoms with van der Waals surface area (Å²) < 4.78 is 41.2. The van der Waals surface area contributed by atoms with E-state index in [1.165, 1.54) is 6.33 Å². The molecule has 10 heteroatoms. The second-order valence-electron chi connectivity index (χ2n) is 14.2. The standard InChI is InChI=1S/C48H40FN5O3S/c49-40-42(57-48(36-25-13-4-14-26-36,37-27-15-5-16-28-37)38-29-17-6-18-30-38)39(56-45(40)54-32-51-41-43(54)52-46(50)53-44(41)58)31-55-47(33-19-7-1-8-20-33,34-21-9-2-10-22-34)35-23-11-3-12-24-35/h1-30,32,39-40,42,45H,31H2,(H3,50,52,53,58)/t39-,40-,42-,45-/m1/s1. The van der Waals surface area contributed by atoms with Gasteiger partial charge in [-0.3, -0.25) is 4.57 Å². The molecular weight excluding hydrogens is 746 g/mol. The maximum absolute atomic E-state index is 18.0. The average molecular weight is 786 g/mol. The van der Waals surface area contributed by atoms with Crippen molar-refractivity contribution in [1.29, 1.82) is 0 Å². The normalized spacial score (nSPS) is 18.4. The Morgan fingerprint density at radius 3 is 1.41 bits per heavy atom. The summed E-state index contributed by atoms with van der Waals surface area (Å²) in [5, 5.41) is 0.275. The topological polar surface area (TPSA) is 97.3 Å². The van der Waals surface area contributed by atoms with Gasteiger partial charge in [0.2, 0.25) is 5.95 Å². The van der Waals surface area contributed by atoms with Gasteiger partial charge < -0.3 is 19.9 Å². The second-order valence-corrected chi connectivity index (χ2v) is 14.6. The molecule has 1 saturated heterocycles. The minimum Gasteiger partial charge on any atom is -0.368 e. The van der Waals surface area contributed by atoms with Crippen LogP contribution in [0.5, 0.6) is 0 Å². The fraction of sp³-hybridized carbons (Fsp3) is 0.146. The van der Waals surface area contributed by atoms with Gasteiger partial charge in [0.1, 0.15) is 34.0 Å². The Kier molecular flexibility index (Phi) is 10.3. The van der Waals surface area contributed by atoms with E-state index in [2.05, 4.69) is 27.6 Å². The molecule has 2 N–H and O–H groups in total. The first-order valence-electron chi connectivity index (χ1n) is 19.1. The molecule has 0 saturated carbocycles. The first-order chi connectivity index (χ1) is 28.5. The molecular formula is C48H40FN5O3S. The Hall–Kier alpha value is -6.17. The summed E-state index contributed by atoms with van der Waals surface area (Å²) in [5.74, 6) is -0.0186. The number of aromatic nitrogens is 4. The number of ether oxygens (including phenoxy) is 3. The lowest BCUT2D eigenvalue weighted by Gasteiger charge is -2.40. The van der Waals surface area contributed by atoms with Crippen molar-refractivity contribution in [1.82, 2.24) is 19.5 Å². The molecule has 6 aromatic carbocycles. The predicted octanol–water partition coefficient (Wildman–Crippen LogP) is 9.32. The fourth-order valence-corrected chi connectivity index (χ4v) is 8.46. The number of fused-ring (bicyclic) bond motifs is 1. The molecule has 3 heterocycles. The van der Waals surface area contributed by atoms with Crippen molar-refractivity contribution in [2.45, 2.75) is 40.8 Å². The van der Waals surface area contributed by atoms with Crippen LogP contribution >= 0.6 is 12.6 Å². The number of hydrogen-bond donors (Lipinski definition) is 2. The molecule has 0 unspecified atom stereocenters. The molecule has 8 aromatic rings. The van der Waals surface area contributed by atoms with Gasteiger partial charge in [-0.15, -0.1) is 12.6 Å². The van der Waals surface area contributed by atoms with E-state index in [0.717, 1.165) is 33.4 Å². The zero-order valence-electron chi connectivity index (χ0n) is 31.3. The Balaban J connectivity index is 1.22. The van der Waals surface area contributed by atoms with Crippen LogP contribution in [0, 0.1) is 0 Å². The minimum atomic E-state index is -1.75. The second kappa shape index (κ2) is 16.0. The lowest BCUT2D eigenvalue weighted by atomic mass is 9.79. The van der Waals surface area contributed by atoms with Crippen LogP contribution in [-0.2, 0) is 25.4 Å². The third kappa shape index (κ3) is 6.63. The zero-order chi connectivity index (χ0) is 39.5. The minimum absolute atomic E-state index is 0.0186. The fourth-order valence-electron chi connectivity index (χ4n) is 8.20. The van der Waals surface area contributed by atoms with Crippen molar-refractivity contribution < 1.29 is 18.6 Å². The van der Waals surface area contributed by atoms with Crippen LogP contribution in [0.3, 0.4) is 0 Å². The first kappa shape index (κ1) is 37.4. The number of rotatable bonds is 12. The number of benzene rings is 6. The number of nitrogens with two attached hydrogens (primary N) is 1. The maximum Gasteiger partial charge on any atom is 0.223 e. The zero-order valence-corrected chi connectivity index (χ0v) is 32.2. The number of nitrogens with zero attached hydrogens (tertiary/aromatic N) is 4. The maximum atomic E-state index is 18.0. The monoisotopic (exact) mass is 785 g/mol. The first-order valence-corrected chi connectivity index (χ1v) is 19.6. The summed E-state index contributed by atoms with van der Waals surface area (Å²) in [6, 6.07) is 59.9. The largest absolute Gasteiger partial charge is 0.368 e. The van der Waals surface area contributed by atoms with Crippen molar-refractivity contribution in [2.75, 3.05) is 12.3 Å². The van der Waals surface area contributed by atoms with E-state index in [1.54, 1.807) is 4.57 Å². The number of alkyl halides is 1. The van der Waals surface area contributed by atoms with Crippen molar-refractivity contribution in [3.8, 4) is 0 Å². The Bertz CT molecular complexity index is 2390. The van der Waals surface area contributed by atoms with Crippen LogP contribution in [0.4, 0.5) is 10.3 Å². The molecule has 0 aliphatic carbocycles. The van der Waals surface area contributed by atoms with Crippen LogP contribution in [0.25, 0.3) is 11.2 Å². The van der Waals surface area contributed by atoms with Gasteiger partial charge in [0.15, 0.2) is 18.0 Å². The summed E-state index contributed by atoms with van der Waals surface area (Å²) in [6.07, 6.45) is -3.65. The summed E-state index contributed by atoms with van der Waals surface area (Å²) in [5.41, 5.74) is 9.53. The lowest BCUT2D eigenvalue weighted by molar-refractivity contribution is -0.128. The SMILES string of the molecule is Nc1nc(S)c2ncn([C@@H]3O[C@H](COC(c4ccccc4)(c4ccccc4)c4ccccc4)[C@@H](OC(c4ccccc4)(c4ccccc4)c4ccccc4)[C@H]3F)c2n1. The van der Waals surface area contributed by atoms with Crippen LogP contribution in [0.15, 0.2) is 193 Å². The number of imidazole rings is 1. The van der Waals surface area contributed by atoms with Crippen LogP contribution in [0.2, 0.25) is 0 Å². The Morgan fingerprint density at radius 2 is 1.00 bits per heavy atom. The van der Waals surface area contributed by atoms with E-state index < -0.39 is 35.8 Å². The molecule has 0 radical (unpaired) electrons. The summed E-state index contributed by atoms with van der Waals surface area (Å²) >= 11 is 4.49. The van der Waals surface area contributed by atoms with Crippen LogP contribution in [-0.4, -0.2) is 44.5 Å². The number of anilines is 1. The molecule has 2 aromatic heterocycles. The summed E-state index contributed by atoms with van der Waals surface area (Å²) in [6.45, 7) is -0.0731. The van der Waals surface area contributed by atoms with E-state index in [-0.39, 0.29) is 23.2 Å². The van der Waals surface area contributed by atoms with Gasteiger partial charge in [-0.05, 0) is 33.4 Å². The number of hydrogen-bond acceptors (Lipinski definition) is 8. The third-order valence-corrected chi connectivity index (χ3v) is 11.1. The molecule has 0 spiro atoms. The molecule has 1 aliphatic rings. The molecule has 8 nitrogen and oxygen atoms in total. The van der Waals surface area contributed by atoms with Crippen molar-refractivity contribution >= 4 is 29.7 Å². The average Bonchev–Trinajstić information content (AvgIpc) is 3.84. The van der Waals surface area contributed by atoms with Gasteiger partial charge in [-0.25, -0.2) is 14.4 Å². The molecule has 58 heavy (non-hydrogen) atoms. The van der Waals surface area contributed by atoms with Crippen LogP contribution < -0.4 is 5.73 Å². The van der Waals surface area contributed by atoms with E-state index in [4.69, 9.17) is 19.9 Å². The van der Waals surface area contributed by atoms with Gasteiger partial charge in [-0.1, -0.05) is 182 Å². The predicted molar refractivity (Wildman–Crippen MR) is 225 cm³/mol. The molecule has 0 bridgehead atoms. The summed E-state index contributed by atoms with van der Waals surface area (Å²) in [4.78, 5) is 13.1.